The highest BCUT2D eigenvalue weighted by molar-refractivity contribution is 7.90. The number of benzene rings is 2. The third kappa shape index (κ3) is 4.55. The van der Waals surface area contributed by atoms with Gasteiger partial charge in [0.05, 0.1) is 21.5 Å². The molecule has 0 fully saturated rings. The van der Waals surface area contributed by atoms with E-state index in [1.54, 1.807) is 24.3 Å². The van der Waals surface area contributed by atoms with Crippen molar-refractivity contribution < 1.29 is 13.2 Å². The number of hydrogen-bond donors (Lipinski definition) is 0. The van der Waals surface area contributed by atoms with Crippen LogP contribution in [0, 0.1) is 0 Å². The van der Waals surface area contributed by atoms with Gasteiger partial charge in [-0.2, -0.15) is 4.99 Å². The molecule has 0 aliphatic carbocycles. The molecule has 0 saturated carbocycles. The van der Waals surface area contributed by atoms with Crippen molar-refractivity contribution in [2.75, 3.05) is 6.26 Å². The van der Waals surface area contributed by atoms with Crippen LogP contribution in [0.25, 0.3) is 10.2 Å². The van der Waals surface area contributed by atoms with Gasteiger partial charge in [0.15, 0.2) is 14.6 Å². The van der Waals surface area contributed by atoms with Crippen LogP contribution < -0.4 is 4.80 Å². The molecule has 0 aliphatic rings. The molecular weight excluding hydrogens is 404 g/mol. The molecule has 3 rings (SSSR count). The number of carbonyl (C=O) groups is 1. The molecule has 0 N–H and O–H groups in total. The average Bonchev–Trinajstić information content (AvgIpc) is 2.91. The second-order valence-corrected chi connectivity index (χ2v) is 9.46. The molecule has 140 valence electrons. The zero-order valence-corrected chi connectivity index (χ0v) is 16.9. The van der Waals surface area contributed by atoms with Crippen LogP contribution in [0.3, 0.4) is 0 Å². The normalized spacial score (nSPS) is 12.4. The van der Waals surface area contributed by atoms with Gasteiger partial charge >= 0.3 is 0 Å². The molecule has 0 radical (unpaired) electrons. The van der Waals surface area contributed by atoms with E-state index >= 15 is 0 Å². The Kier molecular flexibility index (Phi) is 5.64. The molecule has 2 aromatic carbocycles. The fourth-order valence-electron chi connectivity index (χ4n) is 2.61. The van der Waals surface area contributed by atoms with Gasteiger partial charge in [-0.15, -0.1) is 6.58 Å². The minimum Gasteiger partial charge on any atom is -0.313 e. The molecular formula is C19H17ClN2O3S2. The summed E-state index contributed by atoms with van der Waals surface area (Å²) in [6, 6.07) is 11.8. The fourth-order valence-corrected chi connectivity index (χ4v) is 4.58. The first kappa shape index (κ1) is 19.5. The van der Waals surface area contributed by atoms with Crippen LogP contribution in [-0.4, -0.2) is 25.1 Å². The molecule has 1 aromatic heterocycles. The number of aromatic nitrogens is 1. The smallest absolute Gasteiger partial charge is 0.252 e. The van der Waals surface area contributed by atoms with Crippen LogP contribution in [-0.2, 0) is 27.6 Å². The minimum absolute atomic E-state index is 0.0904. The van der Waals surface area contributed by atoms with E-state index in [4.69, 9.17) is 11.6 Å². The summed E-state index contributed by atoms with van der Waals surface area (Å²) in [4.78, 5) is 17.5. The van der Waals surface area contributed by atoms with Crippen molar-refractivity contribution in [1.29, 1.82) is 0 Å². The first-order valence-electron chi connectivity index (χ1n) is 8.04. The monoisotopic (exact) mass is 420 g/mol. The summed E-state index contributed by atoms with van der Waals surface area (Å²) in [5, 5.41) is 0.623. The van der Waals surface area contributed by atoms with Gasteiger partial charge in [0, 0.05) is 17.8 Å². The maximum Gasteiger partial charge on any atom is 0.252 e. The number of sulfone groups is 1. The Hall–Kier alpha value is -2.22. The lowest BCUT2D eigenvalue weighted by Gasteiger charge is -2.02. The molecule has 0 spiro atoms. The third-order valence-electron chi connectivity index (χ3n) is 3.88. The van der Waals surface area contributed by atoms with Crippen molar-refractivity contribution in [3.8, 4) is 0 Å². The summed E-state index contributed by atoms with van der Waals surface area (Å²) in [7, 11) is -3.26. The predicted octanol–water partition coefficient (Wildman–Crippen LogP) is 3.62. The highest BCUT2D eigenvalue weighted by atomic mass is 35.5. The summed E-state index contributed by atoms with van der Waals surface area (Å²) in [6.45, 7) is 4.28. The van der Waals surface area contributed by atoms with E-state index < -0.39 is 9.84 Å². The average molecular weight is 421 g/mol. The molecule has 1 amide bonds. The number of amides is 1. The Morgan fingerprint density at radius 1 is 1.26 bits per heavy atom. The van der Waals surface area contributed by atoms with Crippen LogP contribution >= 0.6 is 22.9 Å². The molecule has 0 atom stereocenters. The van der Waals surface area contributed by atoms with E-state index in [0.29, 0.717) is 21.9 Å². The number of rotatable bonds is 5. The molecule has 0 unspecified atom stereocenters. The number of carbonyl (C=O) groups excluding carboxylic acids is 1. The number of nitrogens with zero attached hydrogens (tertiary/aromatic N) is 2. The van der Waals surface area contributed by atoms with Gasteiger partial charge in [-0.25, -0.2) is 8.42 Å². The van der Waals surface area contributed by atoms with Gasteiger partial charge < -0.3 is 4.57 Å². The van der Waals surface area contributed by atoms with Crippen molar-refractivity contribution in [2.45, 2.75) is 17.9 Å². The van der Waals surface area contributed by atoms with Gasteiger partial charge in [-0.3, -0.25) is 4.79 Å². The molecule has 1 heterocycles. The molecule has 8 heteroatoms. The van der Waals surface area contributed by atoms with E-state index in [0.717, 1.165) is 16.5 Å². The number of allylic oxidation sites excluding steroid dienone is 1. The van der Waals surface area contributed by atoms with Gasteiger partial charge in [0.2, 0.25) is 0 Å². The van der Waals surface area contributed by atoms with Crippen molar-refractivity contribution >= 4 is 48.9 Å². The molecule has 3 aromatic rings. The number of hydrogen-bond acceptors (Lipinski definition) is 4. The lowest BCUT2D eigenvalue weighted by atomic mass is 10.1. The molecule has 0 saturated heterocycles. The Labute approximate surface area is 166 Å². The molecule has 0 aliphatic heterocycles. The highest BCUT2D eigenvalue weighted by Gasteiger charge is 2.10. The van der Waals surface area contributed by atoms with Gasteiger partial charge in [0.1, 0.15) is 0 Å². The predicted molar refractivity (Wildman–Crippen MR) is 109 cm³/mol. The second-order valence-electron chi connectivity index (χ2n) is 5.99. The minimum atomic E-state index is -3.26. The lowest BCUT2D eigenvalue weighted by molar-refractivity contribution is -0.117. The van der Waals surface area contributed by atoms with Gasteiger partial charge in [-0.1, -0.05) is 41.1 Å². The van der Waals surface area contributed by atoms with E-state index in [1.165, 1.54) is 23.5 Å². The second kappa shape index (κ2) is 7.80. The first-order valence-corrected chi connectivity index (χ1v) is 11.1. The molecule has 27 heavy (non-hydrogen) atoms. The van der Waals surface area contributed by atoms with E-state index in [2.05, 4.69) is 11.6 Å². The summed E-state index contributed by atoms with van der Waals surface area (Å²) >= 11 is 7.44. The lowest BCUT2D eigenvalue weighted by Crippen LogP contribution is -2.16. The summed E-state index contributed by atoms with van der Waals surface area (Å²) in [6.07, 6.45) is 2.98. The Bertz CT molecular complexity index is 1190. The van der Waals surface area contributed by atoms with Crippen molar-refractivity contribution in [3.63, 3.8) is 0 Å². The van der Waals surface area contributed by atoms with Crippen molar-refractivity contribution in [1.82, 2.24) is 4.57 Å². The zero-order valence-electron chi connectivity index (χ0n) is 14.6. The number of halogens is 1. The fraction of sp³-hybridized carbons (Fsp3) is 0.158. The van der Waals surface area contributed by atoms with E-state index in [-0.39, 0.29) is 17.2 Å². The highest BCUT2D eigenvalue weighted by Crippen LogP contribution is 2.22. The maximum atomic E-state index is 12.4. The largest absolute Gasteiger partial charge is 0.313 e. The SMILES string of the molecule is C=CCn1c(=NC(=O)Cc2ccc(S(C)(=O)=O)cc2)sc2cc(Cl)ccc21. The van der Waals surface area contributed by atoms with E-state index in [1.807, 2.05) is 16.7 Å². The van der Waals surface area contributed by atoms with Crippen LogP contribution in [0.1, 0.15) is 5.56 Å². The summed E-state index contributed by atoms with van der Waals surface area (Å²) < 4.78 is 25.9. The number of thiazole rings is 1. The zero-order chi connectivity index (χ0) is 19.6. The Morgan fingerprint density at radius 2 is 1.96 bits per heavy atom. The quantitative estimate of drug-likeness (QED) is 0.592. The first-order chi connectivity index (χ1) is 12.8. The molecule has 5 nitrogen and oxygen atoms in total. The van der Waals surface area contributed by atoms with Crippen LogP contribution in [0.5, 0.6) is 0 Å². The molecule has 0 bridgehead atoms. The van der Waals surface area contributed by atoms with Crippen LogP contribution in [0.2, 0.25) is 5.02 Å². The van der Waals surface area contributed by atoms with Gasteiger partial charge in [-0.05, 0) is 35.9 Å². The Morgan fingerprint density at radius 3 is 2.59 bits per heavy atom. The number of fused-ring (bicyclic) bond motifs is 1. The maximum absolute atomic E-state index is 12.4. The van der Waals surface area contributed by atoms with Gasteiger partial charge in [0.25, 0.3) is 5.91 Å². The summed E-state index contributed by atoms with van der Waals surface area (Å²) in [5.74, 6) is -0.308. The topological polar surface area (TPSA) is 68.5 Å². The summed E-state index contributed by atoms with van der Waals surface area (Å²) in [5.41, 5.74) is 1.64. The standard InChI is InChI=1S/C19H17ClN2O3S2/c1-3-10-22-16-9-6-14(20)12-17(16)26-19(22)21-18(23)11-13-4-7-15(8-5-13)27(2,24)25/h3-9,12H,1,10-11H2,2H3. The van der Waals surface area contributed by atoms with Crippen molar-refractivity contribution in [2.24, 2.45) is 4.99 Å². The third-order valence-corrected chi connectivity index (χ3v) is 6.29. The van der Waals surface area contributed by atoms with E-state index in [9.17, 15) is 13.2 Å². The van der Waals surface area contributed by atoms with Crippen LogP contribution in [0.4, 0.5) is 0 Å². The Balaban J connectivity index is 1.93. The van der Waals surface area contributed by atoms with Crippen molar-refractivity contribution in [3.05, 3.63) is 70.5 Å². The van der Waals surface area contributed by atoms with Crippen LogP contribution in [0.15, 0.2) is 65.0 Å².